The number of benzene rings is 1. The highest BCUT2D eigenvalue weighted by Crippen LogP contribution is 2.34. The monoisotopic (exact) mass is 346 g/mol. The highest BCUT2D eigenvalue weighted by Gasteiger charge is 2.15. The van der Waals surface area contributed by atoms with Gasteiger partial charge < -0.3 is 0 Å². The summed E-state index contributed by atoms with van der Waals surface area (Å²) in [4.78, 5) is 17.9. The van der Waals surface area contributed by atoms with Crippen LogP contribution in [0.3, 0.4) is 0 Å². The number of aromatic nitrogens is 2. The molecule has 0 aliphatic carbocycles. The summed E-state index contributed by atoms with van der Waals surface area (Å²) in [5.41, 5.74) is 0.937. The van der Waals surface area contributed by atoms with Gasteiger partial charge in [0.1, 0.15) is 10.6 Å². The molecule has 0 saturated heterocycles. The Kier molecular flexibility index (Phi) is 4.63. The van der Waals surface area contributed by atoms with Crippen LogP contribution in [0.2, 0.25) is 0 Å². The van der Waals surface area contributed by atoms with Gasteiger partial charge in [0, 0.05) is 11.8 Å². The second-order valence-electron chi connectivity index (χ2n) is 5.05. The number of hydrogen-bond acceptors (Lipinski definition) is 4. The molecule has 0 N–H and O–H groups in total. The molecule has 0 spiro atoms. The van der Waals surface area contributed by atoms with E-state index in [0.717, 1.165) is 10.4 Å². The molecule has 0 bridgehead atoms. The number of thioether (sulfide) groups is 1. The molecule has 2 aromatic heterocycles. The Morgan fingerprint density at radius 3 is 2.83 bits per heavy atom. The Morgan fingerprint density at radius 1 is 1.39 bits per heavy atom. The van der Waals surface area contributed by atoms with E-state index in [2.05, 4.69) is 11.6 Å². The van der Waals surface area contributed by atoms with Crippen molar-refractivity contribution in [3.63, 3.8) is 0 Å². The summed E-state index contributed by atoms with van der Waals surface area (Å²) >= 11 is 2.94. The fourth-order valence-electron chi connectivity index (χ4n) is 2.27. The highest BCUT2D eigenvalue weighted by atomic mass is 32.2. The van der Waals surface area contributed by atoms with Gasteiger partial charge in [-0.25, -0.2) is 9.37 Å². The van der Waals surface area contributed by atoms with Crippen LogP contribution in [0, 0.1) is 5.82 Å². The predicted molar refractivity (Wildman–Crippen MR) is 94.7 cm³/mol. The summed E-state index contributed by atoms with van der Waals surface area (Å²) in [6.45, 7) is 6.14. The van der Waals surface area contributed by atoms with Crippen LogP contribution in [0.25, 0.3) is 10.2 Å². The molecule has 3 nitrogen and oxygen atoms in total. The maximum absolute atomic E-state index is 13.1. The Hall–Kier alpha value is -1.92. The molecule has 1 atom stereocenters. The van der Waals surface area contributed by atoms with E-state index in [0.29, 0.717) is 17.1 Å². The van der Waals surface area contributed by atoms with Crippen molar-refractivity contribution in [2.45, 2.75) is 23.9 Å². The van der Waals surface area contributed by atoms with E-state index >= 15 is 0 Å². The lowest BCUT2D eigenvalue weighted by Gasteiger charge is -2.15. The molecule has 1 unspecified atom stereocenters. The molecule has 0 aliphatic rings. The van der Waals surface area contributed by atoms with Crippen molar-refractivity contribution in [2.24, 2.45) is 0 Å². The molecule has 0 fully saturated rings. The Bertz CT molecular complexity index is 899. The lowest BCUT2D eigenvalue weighted by molar-refractivity contribution is 0.627. The lowest BCUT2D eigenvalue weighted by Crippen LogP contribution is -2.22. The molecule has 3 rings (SSSR count). The minimum Gasteiger partial charge on any atom is -0.283 e. The van der Waals surface area contributed by atoms with Crippen LogP contribution in [-0.2, 0) is 6.54 Å². The molecular weight excluding hydrogens is 331 g/mol. The third-order valence-corrected chi connectivity index (χ3v) is 5.44. The van der Waals surface area contributed by atoms with Crippen molar-refractivity contribution in [1.82, 2.24) is 9.55 Å². The maximum Gasteiger partial charge on any atom is 0.263 e. The Labute approximate surface area is 141 Å². The van der Waals surface area contributed by atoms with E-state index in [-0.39, 0.29) is 16.6 Å². The van der Waals surface area contributed by atoms with Crippen LogP contribution >= 0.6 is 23.1 Å². The first-order valence-electron chi connectivity index (χ1n) is 7.11. The number of halogens is 1. The minimum atomic E-state index is -0.257. The molecule has 0 saturated carbocycles. The van der Waals surface area contributed by atoms with Gasteiger partial charge in [-0.3, -0.25) is 9.36 Å². The SMILES string of the molecule is C=CCn1c(SC(C)c2ccc(F)cc2)nc2sccc2c1=O. The Balaban J connectivity index is 2.00. The van der Waals surface area contributed by atoms with E-state index in [9.17, 15) is 9.18 Å². The van der Waals surface area contributed by atoms with Crippen molar-refractivity contribution < 1.29 is 4.39 Å². The van der Waals surface area contributed by atoms with E-state index in [1.807, 2.05) is 12.3 Å². The molecule has 0 amide bonds. The first-order chi connectivity index (χ1) is 11.1. The van der Waals surface area contributed by atoms with Gasteiger partial charge in [0.25, 0.3) is 5.56 Å². The standard InChI is InChI=1S/C17H15FN2OS2/c1-3-9-20-16(21)14-8-10-22-15(14)19-17(20)23-11(2)12-4-6-13(18)7-5-12/h3-8,10-11H,1,9H2,2H3. The molecule has 118 valence electrons. The van der Waals surface area contributed by atoms with Gasteiger partial charge in [-0.15, -0.1) is 17.9 Å². The number of rotatable bonds is 5. The summed E-state index contributed by atoms with van der Waals surface area (Å²) in [5, 5.41) is 3.21. The van der Waals surface area contributed by atoms with Crippen LogP contribution in [0.15, 0.2) is 58.3 Å². The van der Waals surface area contributed by atoms with Gasteiger partial charge in [-0.2, -0.15) is 0 Å². The molecule has 6 heteroatoms. The zero-order valence-corrected chi connectivity index (χ0v) is 14.2. The van der Waals surface area contributed by atoms with E-state index in [4.69, 9.17) is 0 Å². The van der Waals surface area contributed by atoms with Crippen LogP contribution in [0.1, 0.15) is 17.7 Å². The number of nitrogens with zero attached hydrogens (tertiary/aromatic N) is 2. The first-order valence-corrected chi connectivity index (χ1v) is 8.87. The van der Waals surface area contributed by atoms with Gasteiger partial charge in [0.2, 0.25) is 0 Å². The zero-order valence-electron chi connectivity index (χ0n) is 12.5. The maximum atomic E-state index is 13.1. The van der Waals surface area contributed by atoms with E-state index in [1.165, 1.54) is 35.2 Å². The van der Waals surface area contributed by atoms with Crippen molar-refractivity contribution in [1.29, 1.82) is 0 Å². The summed E-state index contributed by atoms with van der Waals surface area (Å²) in [6.07, 6.45) is 1.69. The third kappa shape index (κ3) is 3.23. The lowest BCUT2D eigenvalue weighted by atomic mass is 10.2. The fraction of sp³-hybridized carbons (Fsp3) is 0.176. The van der Waals surface area contributed by atoms with Crippen molar-refractivity contribution >= 4 is 33.3 Å². The van der Waals surface area contributed by atoms with E-state index in [1.54, 1.807) is 28.8 Å². The predicted octanol–water partition coefficient (Wildman–Crippen LogP) is 4.64. The minimum absolute atomic E-state index is 0.0510. The topological polar surface area (TPSA) is 34.9 Å². The van der Waals surface area contributed by atoms with Crippen LogP contribution in [0.4, 0.5) is 4.39 Å². The van der Waals surface area contributed by atoms with E-state index < -0.39 is 0 Å². The number of hydrogen-bond donors (Lipinski definition) is 0. The van der Waals surface area contributed by atoms with Crippen LogP contribution in [0.5, 0.6) is 0 Å². The quantitative estimate of drug-likeness (QED) is 0.384. The van der Waals surface area contributed by atoms with Crippen LogP contribution in [-0.4, -0.2) is 9.55 Å². The summed E-state index contributed by atoms with van der Waals surface area (Å²) < 4.78 is 14.7. The largest absolute Gasteiger partial charge is 0.283 e. The van der Waals surface area contributed by atoms with Gasteiger partial charge in [0.05, 0.1) is 5.39 Å². The van der Waals surface area contributed by atoms with Crippen molar-refractivity contribution in [3.05, 3.63) is 70.1 Å². The Morgan fingerprint density at radius 2 is 2.13 bits per heavy atom. The second kappa shape index (κ2) is 6.68. The number of allylic oxidation sites excluding steroid dienone is 1. The molecule has 2 heterocycles. The fourth-order valence-corrected chi connectivity index (χ4v) is 4.12. The normalized spacial score (nSPS) is 12.4. The molecule has 3 aromatic rings. The zero-order chi connectivity index (χ0) is 16.4. The average molecular weight is 346 g/mol. The molecule has 0 aliphatic heterocycles. The van der Waals surface area contributed by atoms with Crippen molar-refractivity contribution in [2.75, 3.05) is 0 Å². The number of fused-ring (bicyclic) bond motifs is 1. The van der Waals surface area contributed by atoms with Gasteiger partial charge in [-0.1, -0.05) is 30.0 Å². The molecule has 23 heavy (non-hydrogen) atoms. The summed E-state index contributed by atoms with van der Waals surface area (Å²) in [5.74, 6) is -0.257. The number of thiophene rings is 1. The third-order valence-electron chi connectivity index (χ3n) is 3.48. The summed E-state index contributed by atoms with van der Waals surface area (Å²) in [7, 11) is 0. The second-order valence-corrected chi connectivity index (χ2v) is 7.25. The molecule has 1 aromatic carbocycles. The van der Waals surface area contributed by atoms with Crippen molar-refractivity contribution in [3.8, 4) is 0 Å². The van der Waals surface area contributed by atoms with Crippen LogP contribution < -0.4 is 5.56 Å². The smallest absolute Gasteiger partial charge is 0.263 e. The summed E-state index contributed by atoms with van der Waals surface area (Å²) in [6, 6.07) is 8.20. The highest BCUT2D eigenvalue weighted by molar-refractivity contribution is 7.99. The average Bonchev–Trinajstić information content (AvgIpc) is 3.00. The molecule has 0 radical (unpaired) electrons. The molecular formula is C17H15FN2OS2. The first kappa shape index (κ1) is 16.0. The van der Waals surface area contributed by atoms with Gasteiger partial charge >= 0.3 is 0 Å². The van der Waals surface area contributed by atoms with Gasteiger partial charge in [0.15, 0.2) is 5.16 Å². The van der Waals surface area contributed by atoms with Gasteiger partial charge in [-0.05, 0) is 36.1 Å².